The first kappa shape index (κ1) is 38.5. The Balaban J connectivity index is 1.20. The number of aryl methyl sites for hydroxylation is 1. The van der Waals surface area contributed by atoms with Crippen molar-refractivity contribution in [1.82, 2.24) is 19.8 Å². The van der Waals surface area contributed by atoms with Gasteiger partial charge in [0.2, 0.25) is 5.88 Å². The molecular weight excluding hydrogens is 729 g/mol. The number of carbonyl (C=O) groups is 1. The molecule has 296 valence electrons. The Morgan fingerprint density at radius 1 is 0.879 bits per heavy atom. The fourth-order valence-electron chi connectivity index (χ4n) is 7.84. The van der Waals surface area contributed by atoms with Crippen LogP contribution in [0, 0.1) is 18.3 Å². The van der Waals surface area contributed by atoms with Crippen molar-refractivity contribution in [1.29, 1.82) is 5.26 Å². The van der Waals surface area contributed by atoms with E-state index in [-0.39, 0.29) is 6.09 Å². The number of pyridine rings is 2. The number of hydrogen-bond acceptors (Lipinski definition) is 10. The molecule has 1 saturated heterocycles. The molecule has 0 unspecified atom stereocenters. The summed E-state index contributed by atoms with van der Waals surface area (Å²) in [7, 11) is 3.78. The highest BCUT2D eigenvalue weighted by molar-refractivity contribution is 6.02. The van der Waals surface area contributed by atoms with Crippen molar-refractivity contribution in [3.8, 4) is 40.5 Å². The first-order valence-corrected chi connectivity index (χ1v) is 19.7. The van der Waals surface area contributed by atoms with Gasteiger partial charge in [0.25, 0.3) is 0 Å². The molecule has 11 heteroatoms. The van der Waals surface area contributed by atoms with E-state index in [4.69, 9.17) is 28.9 Å². The van der Waals surface area contributed by atoms with E-state index in [0.717, 1.165) is 63.9 Å². The average molecular weight is 777 g/mol. The lowest BCUT2D eigenvalue weighted by molar-refractivity contribution is 0.0240. The van der Waals surface area contributed by atoms with E-state index in [1.807, 2.05) is 94.4 Å². The number of nitriles is 1. The summed E-state index contributed by atoms with van der Waals surface area (Å²) in [5.74, 6) is 2.53. The fourth-order valence-corrected chi connectivity index (χ4v) is 7.84. The van der Waals surface area contributed by atoms with Crippen LogP contribution in [0.5, 0.6) is 23.1 Å². The van der Waals surface area contributed by atoms with Crippen molar-refractivity contribution in [2.24, 2.45) is 0 Å². The highest BCUT2D eigenvalue weighted by Crippen LogP contribution is 2.43. The number of aromatic nitrogens is 2. The number of piperazine rings is 1. The number of methoxy groups -OCH3 is 1. The van der Waals surface area contributed by atoms with Crippen LogP contribution in [-0.2, 0) is 24.3 Å². The third-order valence-electron chi connectivity index (χ3n) is 10.8. The maximum Gasteiger partial charge on any atom is 0.410 e. The third-order valence-corrected chi connectivity index (χ3v) is 10.8. The number of para-hydroxylation sites is 1. The minimum atomic E-state index is -0.592. The Morgan fingerprint density at radius 2 is 1.66 bits per heavy atom. The number of carbonyl (C=O) groups excluding carboxylic acids is 1. The SMILES string of the molecule is COc1ccc(COc2ccc3c(Oc4cccc5c(N6CCN(C(=O)OC(C)(C)C)CC6)c(C#N)c(-c6cccc7c6CCN(C)C7)nc45)c(C)ccc3n2)cc1. The van der Waals surface area contributed by atoms with Crippen molar-refractivity contribution in [2.45, 2.75) is 52.9 Å². The molecule has 2 aliphatic rings. The number of ether oxygens (including phenoxy) is 4. The normalized spacial score (nSPS) is 14.6. The van der Waals surface area contributed by atoms with Crippen LogP contribution in [0.2, 0.25) is 0 Å². The molecule has 1 fully saturated rings. The van der Waals surface area contributed by atoms with Gasteiger partial charge in [-0.25, -0.2) is 14.8 Å². The Hall–Kier alpha value is -6.38. The molecule has 8 rings (SSSR count). The molecular formula is C47H48N6O5. The first-order chi connectivity index (χ1) is 28.0. The number of nitrogens with zero attached hydrogens (tertiary/aromatic N) is 6. The first-order valence-electron chi connectivity index (χ1n) is 19.7. The van der Waals surface area contributed by atoms with Gasteiger partial charge < -0.3 is 33.6 Å². The molecule has 6 aromatic rings. The Labute approximate surface area is 339 Å². The largest absolute Gasteiger partial charge is 0.497 e. The molecule has 0 radical (unpaired) electrons. The van der Waals surface area contributed by atoms with Gasteiger partial charge in [-0.1, -0.05) is 48.5 Å². The maximum atomic E-state index is 13.0. The van der Waals surface area contributed by atoms with Crippen molar-refractivity contribution in [3.63, 3.8) is 0 Å². The molecule has 58 heavy (non-hydrogen) atoms. The van der Waals surface area contributed by atoms with Crippen LogP contribution in [0.3, 0.4) is 0 Å². The molecule has 0 aliphatic carbocycles. The van der Waals surface area contributed by atoms with E-state index < -0.39 is 5.60 Å². The van der Waals surface area contributed by atoms with E-state index in [1.165, 1.54) is 11.1 Å². The lowest BCUT2D eigenvalue weighted by Crippen LogP contribution is -2.50. The summed E-state index contributed by atoms with van der Waals surface area (Å²) >= 11 is 0. The Morgan fingerprint density at radius 3 is 2.40 bits per heavy atom. The molecule has 0 N–H and O–H groups in total. The summed E-state index contributed by atoms with van der Waals surface area (Å²) in [6.07, 6.45) is 0.517. The quantitative estimate of drug-likeness (QED) is 0.148. The van der Waals surface area contributed by atoms with Crippen LogP contribution in [0.1, 0.15) is 48.6 Å². The Kier molecular flexibility index (Phi) is 10.5. The summed E-state index contributed by atoms with van der Waals surface area (Å²) in [6, 6.07) is 30.4. The lowest BCUT2D eigenvalue weighted by atomic mass is 9.90. The van der Waals surface area contributed by atoms with Crippen LogP contribution in [-0.4, -0.2) is 78.3 Å². The summed E-state index contributed by atoms with van der Waals surface area (Å²) in [5.41, 5.74) is 8.07. The fraction of sp³-hybridized carbons (Fsp3) is 0.319. The molecule has 1 amide bonds. The van der Waals surface area contributed by atoms with Gasteiger partial charge in [0.05, 0.1) is 24.0 Å². The monoisotopic (exact) mass is 776 g/mol. The number of hydrogen-bond donors (Lipinski definition) is 0. The van der Waals surface area contributed by atoms with Crippen molar-refractivity contribution >= 4 is 33.6 Å². The molecule has 0 saturated carbocycles. The second-order valence-corrected chi connectivity index (χ2v) is 16.0. The molecule has 0 atom stereocenters. The summed E-state index contributed by atoms with van der Waals surface area (Å²) in [6.45, 7) is 11.7. The number of amides is 1. The van der Waals surface area contributed by atoms with Gasteiger partial charge in [0.1, 0.15) is 40.9 Å². The van der Waals surface area contributed by atoms with Gasteiger partial charge in [0, 0.05) is 61.7 Å². The van der Waals surface area contributed by atoms with Gasteiger partial charge in [-0.2, -0.15) is 5.26 Å². The van der Waals surface area contributed by atoms with Gasteiger partial charge in [-0.05, 0) is 93.7 Å². The van der Waals surface area contributed by atoms with E-state index in [2.05, 4.69) is 41.1 Å². The lowest BCUT2D eigenvalue weighted by Gasteiger charge is -2.37. The number of fused-ring (bicyclic) bond motifs is 3. The van der Waals surface area contributed by atoms with Gasteiger partial charge in [-0.3, -0.25) is 0 Å². The predicted octanol–water partition coefficient (Wildman–Crippen LogP) is 9.06. The number of benzene rings is 4. The summed E-state index contributed by atoms with van der Waals surface area (Å²) in [5, 5.41) is 12.6. The number of anilines is 1. The smallest absolute Gasteiger partial charge is 0.410 e. The highest BCUT2D eigenvalue weighted by atomic mass is 16.6. The van der Waals surface area contributed by atoms with E-state index >= 15 is 0 Å². The van der Waals surface area contributed by atoms with Gasteiger partial charge in [-0.15, -0.1) is 0 Å². The molecule has 2 aliphatic heterocycles. The zero-order chi connectivity index (χ0) is 40.6. The van der Waals surface area contributed by atoms with Crippen LogP contribution in [0.4, 0.5) is 10.5 Å². The van der Waals surface area contributed by atoms with Crippen molar-refractivity contribution in [3.05, 3.63) is 113 Å². The second-order valence-electron chi connectivity index (χ2n) is 16.0. The van der Waals surface area contributed by atoms with Crippen LogP contribution >= 0.6 is 0 Å². The number of likely N-dealkylation sites (N-methyl/N-ethyl adjacent to an activating group) is 1. The number of rotatable bonds is 8. The minimum Gasteiger partial charge on any atom is -0.497 e. The molecule has 0 spiro atoms. The third kappa shape index (κ3) is 7.80. The second kappa shape index (κ2) is 15.9. The van der Waals surface area contributed by atoms with E-state index in [1.54, 1.807) is 12.0 Å². The van der Waals surface area contributed by atoms with Gasteiger partial charge in [0.15, 0.2) is 5.75 Å². The van der Waals surface area contributed by atoms with E-state index in [9.17, 15) is 10.1 Å². The molecule has 4 aromatic carbocycles. The summed E-state index contributed by atoms with van der Waals surface area (Å²) in [4.78, 5) is 29.5. The minimum absolute atomic E-state index is 0.333. The molecule has 4 heterocycles. The zero-order valence-corrected chi connectivity index (χ0v) is 34.0. The Bertz CT molecular complexity index is 2550. The van der Waals surface area contributed by atoms with Crippen LogP contribution in [0.25, 0.3) is 33.1 Å². The topological polar surface area (TPSA) is 113 Å². The van der Waals surface area contributed by atoms with Crippen LogP contribution in [0.15, 0.2) is 84.9 Å². The zero-order valence-electron chi connectivity index (χ0n) is 34.0. The molecule has 2 aromatic heterocycles. The molecule has 0 bridgehead atoms. The average Bonchev–Trinajstić information content (AvgIpc) is 3.22. The highest BCUT2D eigenvalue weighted by Gasteiger charge is 2.31. The van der Waals surface area contributed by atoms with Crippen molar-refractivity contribution in [2.75, 3.05) is 51.8 Å². The standard InChI is InChI=1S/C47H48N6O5/c1-30-13-19-39-36(18-20-41(49-39)56-29-31-14-16-33(55-6)17-15-31)45(30)57-40-12-8-11-37-43(40)50-42(35-10-7-9-32-28-51(5)22-21-34(32)35)38(27-48)44(37)52-23-25-53(26-24-52)46(54)58-47(2,3)4/h7-20H,21-26,28-29H2,1-6H3. The summed E-state index contributed by atoms with van der Waals surface area (Å²) < 4.78 is 24.0. The molecule has 11 nitrogen and oxygen atoms in total. The van der Waals surface area contributed by atoms with E-state index in [0.29, 0.717) is 66.9 Å². The van der Waals surface area contributed by atoms with Crippen molar-refractivity contribution < 1.29 is 23.7 Å². The van der Waals surface area contributed by atoms with Gasteiger partial charge >= 0.3 is 6.09 Å². The van der Waals surface area contributed by atoms with Crippen LogP contribution < -0.4 is 19.1 Å². The maximum absolute atomic E-state index is 13.0. The predicted molar refractivity (Wildman–Crippen MR) is 226 cm³/mol.